The van der Waals surface area contributed by atoms with E-state index in [1.807, 2.05) is 0 Å². The predicted octanol–water partition coefficient (Wildman–Crippen LogP) is 20.4. The molecule has 0 aromatic carbocycles. The third-order valence-electron chi connectivity index (χ3n) is 12.4. The lowest BCUT2D eigenvalue weighted by Crippen LogP contribution is -2.30. The summed E-state index contributed by atoms with van der Waals surface area (Å²) in [6.07, 6.45) is 83.4. The summed E-state index contributed by atoms with van der Waals surface area (Å²) < 4.78 is 16.8. The van der Waals surface area contributed by atoms with Gasteiger partial charge in [-0.05, 0) is 128 Å². The van der Waals surface area contributed by atoms with E-state index in [0.29, 0.717) is 19.3 Å². The SMILES string of the molecule is CC/C=C\C/C=C\C/C=C\C/C=C\C/C=C\C/C=C\C/C=C\CCCCCCCCCC(=O)OCC(COC(=O)CCCCCCC/C=C\CCCCCC)OC(=O)CCCCCCC/C=C\C/C=C\CCC. The van der Waals surface area contributed by atoms with Gasteiger partial charge in [0, 0.05) is 19.3 Å². The number of rotatable bonds is 53. The molecule has 414 valence electrons. The number of carbonyl (C=O) groups excluding carboxylic acids is 3. The second kappa shape index (κ2) is 60.4. The van der Waals surface area contributed by atoms with Crippen LogP contribution >= 0.6 is 0 Å². The van der Waals surface area contributed by atoms with Gasteiger partial charge in [-0.2, -0.15) is 0 Å². The highest BCUT2D eigenvalue weighted by molar-refractivity contribution is 5.71. The summed E-state index contributed by atoms with van der Waals surface area (Å²) >= 11 is 0. The predicted molar refractivity (Wildman–Crippen MR) is 316 cm³/mol. The van der Waals surface area contributed by atoms with E-state index in [1.165, 1.54) is 77.0 Å². The summed E-state index contributed by atoms with van der Waals surface area (Å²) in [5.74, 6) is -0.928. The van der Waals surface area contributed by atoms with E-state index in [0.717, 1.165) is 148 Å². The molecule has 0 aliphatic rings. The standard InChI is InChI=1S/C67H110O6/c1-4-7-10-13-16-19-22-25-26-27-28-29-30-31-32-33-34-35-36-37-38-39-40-43-45-48-51-54-57-60-66(69)72-63-64(73-67(70)61-58-55-52-49-46-42-24-21-18-15-12-9-6-3)62-71-65(68)59-56-53-50-47-44-41-23-20-17-14-11-8-5-2/h7,10,12,15-16,19-21,23-26,28-29,31-32,34-35,37-38,64H,4-6,8-9,11,13-14,17-18,22,27,30,33,36,39-63H2,1-3H3/b10-7-,15-12-,19-16-,23-20-,24-21-,26-25-,29-28-,32-31-,35-34-,38-37-. The first kappa shape index (κ1) is 68.8. The van der Waals surface area contributed by atoms with Crippen LogP contribution in [0.2, 0.25) is 0 Å². The van der Waals surface area contributed by atoms with Crippen LogP contribution in [0.5, 0.6) is 0 Å². The fourth-order valence-electron chi connectivity index (χ4n) is 7.92. The summed E-state index contributed by atoms with van der Waals surface area (Å²) in [5.41, 5.74) is 0. The molecular weight excluding hydrogens is 901 g/mol. The van der Waals surface area contributed by atoms with Gasteiger partial charge in [-0.25, -0.2) is 0 Å². The summed E-state index contributed by atoms with van der Waals surface area (Å²) in [6.45, 7) is 6.41. The Kier molecular flexibility index (Phi) is 56.9. The quantitative estimate of drug-likeness (QED) is 0.0261. The van der Waals surface area contributed by atoms with Gasteiger partial charge in [0.05, 0.1) is 0 Å². The Balaban J connectivity index is 4.31. The van der Waals surface area contributed by atoms with Gasteiger partial charge in [0.1, 0.15) is 13.2 Å². The van der Waals surface area contributed by atoms with E-state index in [4.69, 9.17) is 14.2 Å². The molecule has 0 N–H and O–H groups in total. The van der Waals surface area contributed by atoms with Crippen molar-refractivity contribution in [2.45, 2.75) is 271 Å². The van der Waals surface area contributed by atoms with Crippen LogP contribution in [0.4, 0.5) is 0 Å². The zero-order valence-electron chi connectivity index (χ0n) is 47.4. The van der Waals surface area contributed by atoms with Crippen LogP contribution in [0.3, 0.4) is 0 Å². The average molecular weight is 1010 g/mol. The highest BCUT2D eigenvalue weighted by Gasteiger charge is 2.19. The Morgan fingerprint density at radius 3 is 0.904 bits per heavy atom. The smallest absolute Gasteiger partial charge is 0.306 e. The maximum atomic E-state index is 12.8. The zero-order chi connectivity index (χ0) is 52.9. The van der Waals surface area contributed by atoms with Crippen molar-refractivity contribution in [3.63, 3.8) is 0 Å². The molecular formula is C67H110O6. The molecule has 1 atom stereocenters. The van der Waals surface area contributed by atoms with Crippen molar-refractivity contribution in [1.82, 2.24) is 0 Å². The van der Waals surface area contributed by atoms with E-state index in [2.05, 4.69) is 142 Å². The average Bonchev–Trinajstić information content (AvgIpc) is 3.39. The molecule has 1 unspecified atom stereocenters. The molecule has 0 saturated carbocycles. The van der Waals surface area contributed by atoms with Crippen molar-refractivity contribution < 1.29 is 28.6 Å². The number of allylic oxidation sites excluding steroid dienone is 20. The first-order chi connectivity index (χ1) is 36.0. The first-order valence-corrected chi connectivity index (χ1v) is 30.0. The van der Waals surface area contributed by atoms with E-state index < -0.39 is 6.10 Å². The molecule has 0 amide bonds. The Labute approximate surface area is 450 Å². The molecule has 0 rings (SSSR count). The molecule has 0 fully saturated rings. The molecule has 0 aliphatic carbocycles. The lowest BCUT2D eigenvalue weighted by molar-refractivity contribution is -0.167. The van der Waals surface area contributed by atoms with Crippen molar-refractivity contribution in [2.24, 2.45) is 0 Å². The largest absolute Gasteiger partial charge is 0.462 e. The third-order valence-corrected chi connectivity index (χ3v) is 12.4. The molecule has 0 aliphatic heterocycles. The fraction of sp³-hybridized carbons (Fsp3) is 0.657. The molecule has 0 spiro atoms. The van der Waals surface area contributed by atoms with Crippen molar-refractivity contribution >= 4 is 17.9 Å². The van der Waals surface area contributed by atoms with Crippen LogP contribution in [-0.2, 0) is 28.6 Å². The molecule has 6 heteroatoms. The van der Waals surface area contributed by atoms with E-state index in [9.17, 15) is 14.4 Å². The molecule has 73 heavy (non-hydrogen) atoms. The van der Waals surface area contributed by atoms with Gasteiger partial charge >= 0.3 is 17.9 Å². The highest BCUT2D eigenvalue weighted by atomic mass is 16.6. The zero-order valence-corrected chi connectivity index (χ0v) is 47.4. The lowest BCUT2D eigenvalue weighted by atomic mass is 10.1. The van der Waals surface area contributed by atoms with Crippen LogP contribution < -0.4 is 0 Å². The fourth-order valence-corrected chi connectivity index (χ4v) is 7.92. The Morgan fingerprint density at radius 2 is 0.562 bits per heavy atom. The van der Waals surface area contributed by atoms with Gasteiger partial charge in [-0.3, -0.25) is 14.4 Å². The minimum Gasteiger partial charge on any atom is -0.462 e. The second-order valence-corrected chi connectivity index (χ2v) is 19.5. The second-order valence-electron chi connectivity index (χ2n) is 19.5. The van der Waals surface area contributed by atoms with Crippen LogP contribution in [0, 0.1) is 0 Å². The van der Waals surface area contributed by atoms with Gasteiger partial charge in [-0.1, -0.05) is 239 Å². The maximum Gasteiger partial charge on any atom is 0.306 e. The Hall–Kier alpha value is -4.19. The van der Waals surface area contributed by atoms with Gasteiger partial charge in [0.25, 0.3) is 0 Å². The van der Waals surface area contributed by atoms with Gasteiger partial charge in [0.15, 0.2) is 6.10 Å². The number of unbranched alkanes of at least 4 members (excludes halogenated alkanes) is 22. The highest BCUT2D eigenvalue weighted by Crippen LogP contribution is 2.14. The molecule has 0 aromatic heterocycles. The summed E-state index contributed by atoms with van der Waals surface area (Å²) in [5, 5.41) is 0. The van der Waals surface area contributed by atoms with Gasteiger partial charge in [0.2, 0.25) is 0 Å². The van der Waals surface area contributed by atoms with Gasteiger partial charge in [-0.15, -0.1) is 0 Å². The number of ether oxygens (including phenoxy) is 3. The van der Waals surface area contributed by atoms with Crippen molar-refractivity contribution in [3.05, 3.63) is 122 Å². The number of carbonyl (C=O) groups is 3. The number of hydrogen-bond donors (Lipinski definition) is 0. The summed E-state index contributed by atoms with van der Waals surface area (Å²) in [4.78, 5) is 38.1. The van der Waals surface area contributed by atoms with Crippen molar-refractivity contribution in [2.75, 3.05) is 13.2 Å². The minimum absolute atomic E-state index is 0.0934. The first-order valence-electron chi connectivity index (χ1n) is 30.0. The molecule has 0 aromatic rings. The van der Waals surface area contributed by atoms with E-state index in [1.54, 1.807) is 0 Å². The maximum absolute atomic E-state index is 12.8. The molecule has 0 saturated heterocycles. The van der Waals surface area contributed by atoms with Crippen LogP contribution in [-0.4, -0.2) is 37.2 Å². The summed E-state index contributed by atoms with van der Waals surface area (Å²) in [6, 6.07) is 0. The van der Waals surface area contributed by atoms with E-state index >= 15 is 0 Å². The van der Waals surface area contributed by atoms with Crippen LogP contribution in [0.1, 0.15) is 265 Å². The van der Waals surface area contributed by atoms with Crippen molar-refractivity contribution in [1.29, 1.82) is 0 Å². The monoisotopic (exact) mass is 1010 g/mol. The molecule has 6 nitrogen and oxygen atoms in total. The van der Waals surface area contributed by atoms with E-state index in [-0.39, 0.29) is 31.1 Å². The third kappa shape index (κ3) is 58.6. The normalized spacial score (nSPS) is 13.0. The van der Waals surface area contributed by atoms with Crippen LogP contribution in [0.15, 0.2) is 122 Å². The van der Waals surface area contributed by atoms with Crippen LogP contribution in [0.25, 0.3) is 0 Å². The topological polar surface area (TPSA) is 78.9 Å². The molecule has 0 bridgehead atoms. The minimum atomic E-state index is -0.796. The molecule has 0 radical (unpaired) electrons. The van der Waals surface area contributed by atoms with Gasteiger partial charge < -0.3 is 14.2 Å². The number of esters is 3. The molecule has 0 heterocycles. The Bertz CT molecular complexity index is 1540. The lowest BCUT2D eigenvalue weighted by Gasteiger charge is -2.18. The number of hydrogen-bond acceptors (Lipinski definition) is 6. The van der Waals surface area contributed by atoms with Crippen molar-refractivity contribution in [3.8, 4) is 0 Å². The Morgan fingerprint density at radius 1 is 0.288 bits per heavy atom. The summed E-state index contributed by atoms with van der Waals surface area (Å²) in [7, 11) is 0.